The molecule has 0 amide bonds. The van der Waals surface area contributed by atoms with Crippen LogP contribution >= 0.6 is 12.2 Å². The van der Waals surface area contributed by atoms with Crippen molar-refractivity contribution >= 4 is 23.0 Å². The fraction of sp³-hybridized carbons (Fsp3) is 0.562. The Morgan fingerprint density at radius 3 is 2.68 bits per heavy atom. The summed E-state index contributed by atoms with van der Waals surface area (Å²) in [6.07, 6.45) is 10.2. The molecule has 1 fully saturated rings. The molecular weight excluding hydrogens is 252 g/mol. The van der Waals surface area contributed by atoms with Crippen LogP contribution < -0.4 is 10.6 Å². The van der Waals surface area contributed by atoms with Gasteiger partial charge in [-0.2, -0.15) is 0 Å². The van der Waals surface area contributed by atoms with Gasteiger partial charge < -0.3 is 10.6 Å². The van der Waals surface area contributed by atoms with Gasteiger partial charge in [-0.25, -0.2) is 0 Å². The van der Waals surface area contributed by atoms with Gasteiger partial charge in [0.2, 0.25) is 0 Å². The lowest BCUT2D eigenvalue weighted by molar-refractivity contribution is 0.634. The van der Waals surface area contributed by atoms with Crippen LogP contribution in [0.2, 0.25) is 0 Å². The van der Waals surface area contributed by atoms with Crippen molar-refractivity contribution in [3.8, 4) is 0 Å². The first kappa shape index (κ1) is 12.9. The first-order chi connectivity index (χ1) is 9.33. The quantitative estimate of drug-likeness (QED) is 0.802. The summed E-state index contributed by atoms with van der Waals surface area (Å²) in [5.41, 5.74) is 4.19. The summed E-state index contributed by atoms with van der Waals surface area (Å²) in [6, 6.07) is 7.14. The molecule has 3 rings (SSSR count). The minimum atomic E-state index is 0.583. The van der Waals surface area contributed by atoms with Crippen LogP contribution in [0, 0.1) is 0 Å². The standard InChI is InChI=1S/C16H22N2S/c19-16(17-13-8-2-3-9-13)18-15-11-5-7-12-6-1-4-10-14(12)15/h5,7,11,13H,1-4,6,8-10H2,(H2,17,18,19). The molecule has 0 saturated heterocycles. The fourth-order valence-electron chi connectivity index (χ4n) is 3.31. The summed E-state index contributed by atoms with van der Waals surface area (Å²) in [7, 11) is 0. The van der Waals surface area contributed by atoms with Crippen LogP contribution in [0.3, 0.4) is 0 Å². The molecule has 0 bridgehead atoms. The Hall–Kier alpha value is -1.09. The third-order valence-electron chi connectivity index (χ3n) is 4.33. The minimum Gasteiger partial charge on any atom is -0.360 e. The molecule has 2 aliphatic carbocycles. The van der Waals surface area contributed by atoms with E-state index >= 15 is 0 Å². The molecule has 2 nitrogen and oxygen atoms in total. The molecule has 2 aliphatic rings. The van der Waals surface area contributed by atoms with E-state index < -0.39 is 0 Å². The van der Waals surface area contributed by atoms with Crippen molar-refractivity contribution in [2.24, 2.45) is 0 Å². The van der Waals surface area contributed by atoms with Crippen molar-refractivity contribution in [2.45, 2.75) is 57.4 Å². The molecule has 1 aromatic rings. The molecule has 0 atom stereocenters. The number of hydrogen-bond donors (Lipinski definition) is 2. The van der Waals surface area contributed by atoms with Gasteiger partial charge in [-0.05, 0) is 67.9 Å². The van der Waals surface area contributed by atoms with E-state index in [2.05, 4.69) is 28.8 Å². The molecule has 1 saturated carbocycles. The lowest BCUT2D eigenvalue weighted by Gasteiger charge is -2.22. The van der Waals surface area contributed by atoms with E-state index in [0.29, 0.717) is 6.04 Å². The van der Waals surface area contributed by atoms with E-state index in [1.54, 1.807) is 0 Å². The number of rotatable bonds is 2. The van der Waals surface area contributed by atoms with E-state index in [4.69, 9.17) is 12.2 Å². The van der Waals surface area contributed by atoms with Gasteiger partial charge in [0.05, 0.1) is 0 Å². The van der Waals surface area contributed by atoms with Crippen LogP contribution in [0.25, 0.3) is 0 Å². The third-order valence-corrected chi connectivity index (χ3v) is 4.55. The lowest BCUT2D eigenvalue weighted by Crippen LogP contribution is -2.36. The van der Waals surface area contributed by atoms with Gasteiger partial charge in [0.15, 0.2) is 5.11 Å². The Morgan fingerprint density at radius 1 is 1.05 bits per heavy atom. The number of anilines is 1. The summed E-state index contributed by atoms with van der Waals surface area (Å²) in [5.74, 6) is 0. The highest BCUT2D eigenvalue weighted by Crippen LogP contribution is 2.28. The number of fused-ring (bicyclic) bond motifs is 1. The van der Waals surface area contributed by atoms with E-state index in [1.807, 2.05) is 0 Å². The molecule has 0 aliphatic heterocycles. The average molecular weight is 274 g/mol. The Kier molecular flexibility index (Phi) is 4.02. The number of benzene rings is 1. The highest BCUT2D eigenvalue weighted by molar-refractivity contribution is 7.80. The minimum absolute atomic E-state index is 0.583. The predicted molar refractivity (Wildman–Crippen MR) is 84.7 cm³/mol. The SMILES string of the molecule is S=C(Nc1cccc2c1CCCC2)NC1CCCC1. The summed E-state index contributed by atoms with van der Waals surface area (Å²) in [6.45, 7) is 0. The smallest absolute Gasteiger partial charge is 0.171 e. The zero-order valence-electron chi connectivity index (χ0n) is 11.4. The van der Waals surface area contributed by atoms with Crippen molar-refractivity contribution in [3.05, 3.63) is 29.3 Å². The summed E-state index contributed by atoms with van der Waals surface area (Å²) >= 11 is 5.46. The zero-order chi connectivity index (χ0) is 13.1. The maximum atomic E-state index is 5.46. The maximum Gasteiger partial charge on any atom is 0.171 e. The molecule has 0 spiro atoms. The maximum absolute atomic E-state index is 5.46. The highest BCUT2D eigenvalue weighted by atomic mass is 32.1. The van der Waals surface area contributed by atoms with Gasteiger partial charge in [-0.3, -0.25) is 0 Å². The monoisotopic (exact) mass is 274 g/mol. The lowest BCUT2D eigenvalue weighted by atomic mass is 9.90. The van der Waals surface area contributed by atoms with Crippen molar-refractivity contribution < 1.29 is 0 Å². The second kappa shape index (κ2) is 5.91. The van der Waals surface area contributed by atoms with E-state index in [-0.39, 0.29) is 0 Å². The molecule has 1 aromatic carbocycles. The molecule has 19 heavy (non-hydrogen) atoms. The molecule has 0 unspecified atom stereocenters. The first-order valence-electron chi connectivity index (χ1n) is 7.51. The van der Waals surface area contributed by atoms with E-state index in [9.17, 15) is 0 Å². The second-order valence-electron chi connectivity index (χ2n) is 5.73. The van der Waals surface area contributed by atoms with E-state index in [1.165, 1.54) is 68.2 Å². The summed E-state index contributed by atoms with van der Waals surface area (Å²) in [5, 5.41) is 7.67. The summed E-state index contributed by atoms with van der Waals surface area (Å²) < 4.78 is 0. The summed E-state index contributed by atoms with van der Waals surface area (Å²) in [4.78, 5) is 0. The molecule has 2 N–H and O–H groups in total. The van der Waals surface area contributed by atoms with Crippen LogP contribution in [-0.4, -0.2) is 11.2 Å². The normalized spacial score (nSPS) is 18.9. The largest absolute Gasteiger partial charge is 0.360 e. The third kappa shape index (κ3) is 3.08. The van der Waals surface area contributed by atoms with Crippen molar-refractivity contribution in [3.63, 3.8) is 0 Å². The number of hydrogen-bond acceptors (Lipinski definition) is 1. The van der Waals surface area contributed by atoms with Crippen LogP contribution in [0.5, 0.6) is 0 Å². The first-order valence-corrected chi connectivity index (χ1v) is 7.92. The fourth-order valence-corrected chi connectivity index (χ4v) is 3.59. The number of aryl methyl sites for hydroxylation is 1. The molecule has 0 radical (unpaired) electrons. The molecule has 3 heteroatoms. The zero-order valence-corrected chi connectivity index (χ0v) is 12.2. The predicted octanol–water partition coefficient (Wildman–Crippen LogP) is 3.79. The van der Waals surface area contributed by atoms with Gasteiger partial charge in [0, 0.05) is 11.7 Å². The highest BCUT2D eigenvalue weighted by Gasteiger charge is 2.17. The topological polar surface area (TPSA) is 24.1 Å². The Morgan fingerprint density at radius 2 is 1.84 bits per heavy atom. The average Bonchev–Trinajstić information content (AvgIpc) is 2.92. The van der Waals surface area contributed by atoms with Crippen LogP contribution in [0.4, 0.5) is 5.69 Å². The Labute approximate surface area is 121 Å². The van der Waals surface area contributed by atoms with Crippen LogP contribution in [-0.2, 0) is 12.8 Å². The Balaban J connectivity index is 1.67. The van der Waals surface area contributed by atoms with Crippen molar-refractivity contribution in [2.75, 3.05) is 5.32 Å². The van der Waals surface area contributed by atoms with Crippen molar-refractivity contribution in [1.82, 2.24) is 5.32 Å². The van der Waals surface area contributed by atoms with Crippen LogP contribution in [0.1, 0.15) is 49.7 Å². The number of thiocarbonyl (C=S) groups is 1. The molecule has 0 heterocycles. The van der Waals surface area contributed by atoms with Crippen molar-refractivity contribution in [1.29, 1.82) is 0 Å². The molecule has 102 valence electrons. The van der Waals surface area contributed by atoms with Gasteiger partial charge in [-0.1, -0.05) is 25.0 Å². The van der Waals surface area contributed by atoms with E-state index in [0.717, 1.165) is 5.11 Å². The second-order valence-corrected chi connectivity index (χ2v) is 6.14. The van der Waals surface area contributed by atoms with Gasteiger partial charge in [0.1, 0.15) is 0 Å². The molecular formula is C16H22N2S. The Bertz CT molecular complexity index is 464. The van der Waals surface area contributed by atoms with Crippen LogP contribution in [0.15, 0.2) is 18.2 Å². The van der Waals surface area contributed by atoms with Gasteiger partial charge >= 0.3 is 0 Å². The number of nitrogens with one attached hydrogen (secondary N) is 2. The van der Waals surface area contributed by atoms with Gasteiger partial charge in [-0.15, -0.1) is 0 Å². The van der Waals surface area contributed by atoms with Gasteiger partial charge in [0.25, 0.3) is 0 Å². The molecule has 0 aromatic heterocycles.